The van der Waals surface area contributed by atoms with Crippen molar-refractivity contribution >= 4 is 46.6 Å². The number of halogens is 3. The fourth-order valence-corrected chi connectivity index (χ4v) is 3.50. The predicted molar refractivity (Wildman–Crippen MR) is 128 cm³/mol. The molecule has 0 saturated heterocycles. The summed E-state index contributed by atoms with van der Waals surface area (Å²) in [6.45, 7) is 2.31. The summed E-state index contributed by atoms with van der Waals surface area (Å²) < 4.78 is 32.3. The molecule has 2 aromatic carbocycles. The molecule has 1 aliphatic carbocycles. The van der Waals surface area contributed by atoms with E-state index in [2.05, 4.69) is 9.97 Å². The van der Waals surface area contributed by atoms with E-state index in [0.717, 1.165) is 24.1 Å². The molecular formula is C23H24Cl2FN3O3. The number of rotatable bonds is 6. The highest BCUT2D eigenvalue weighted by Gasteiger charge is 2.39. The highest BCUT2D eigenvalue weighted by atomic mass is 35.5. The smallest absolute Gasteiger partial charge is 0.175 e. The van der Waals surface area contributed by atoms with Crippen molar-refractivity contribution in [3.8, 4) is 23.0 Å². The molecule has 9 heteroatoms. The van der Waals surface area contributed by atoms with Gasteiger partial charge in [-0.2, -0.15) is 0 Å². The average Bonchev–Trinajstić information content (AvgIpc) is 3.35. The fraction of sp³-hybridized carbons (Fsp3) is 0.261. The molecule has 6 nitrogen and oxygen atoms in total. The van der Waals surface area contributed by atoms with Crippen molar-refractivity contribution in [2.75, 3.05) is 13.7 Å². The third kappa shape index (κ3) is 4.41. The Morgan fingerprint density at radius 1 is 1.03 bits per heavy atom. The number of nitrogens with zero attached hydrogens (tertiary/aromatic N) is 1. The number of benzene rings is 2. The second-order valence-electron chi connectivity index (χ2n) is 7.87. The van der Waals surface area contributed by atoms with Gasteiger partial charge in [0.15, 0.2) is 23.1 Å². The second-order valence-corrected chi connectivity index (χ2v) is 7.87. The summed E-state index contributed by atoms with van der Waals surface area (Å²) in [6, 6.07) is 10.5. The van der Waals surface area contributed by atoms with Gasteiger partial charge in [-0.25, -0.2) is 4.39 Å². The normalized spacial score (nSPS) is 13.9. The van der Waals surface area contributed by atoms with E-state index in [1.54, 1.807) is 49.7 Å². The number of methoxy groups -OCH3 is 1. The predicted octanol–water partition coefficient (Wildman–Crippen LogP) is 5.68. The topological polar surface area (TPSA) is 82.4 Å². The van der Waals surface area contributed by atoms with Crippen molar-refractivity contribution in [2.24, 2.45) is 5.73 Å². The molecule has 0 amide bonds. The highest BCUT2D eigenvalue weighted by molar-refractivity contribution is 5.89. The van der Waals surface area contributed by atoms with E-state index in [1.807, 2.05) is 6.92 Å². The number of H-pyrrole nitrogens is 1. The fourth-order valence-electron chi connectivity index (χ4n) is 3.50. The van der Waals surface area contributed by atoms with Crippen LogP contribution in [0.25, 0.3) is 21.8 Å². The van der Waals surface area contributed by atoms with E-state index in [9.17, 15) is 4.39 Å². The van der Waals surface area contributed by atoms with Crippen molar-refractivity contribution in [2.45, 2.75) is 25.3 Å². The third-order valence-electron chi connectivity index (χ3n) is 5.45. The number of nitrogens with one attached hydrogen (secondary N) is 1. The van der Waals surface area contributed by atoms with Crippen LogP contribution in [0.2, 0.25) is 0 Å². The van der Waals surface area contributed by atoms with Crippen LogP contribution in [0, 0.1) is 12.7 Å². The zero-order chi connectivity index (χ0) is 20.9. The molecule has 0 aliphatic heterocycles. The number of hydrogen-bond acceptors (Lipinski definition) is 5. The Hall–Kier alpha value is -2.74. The minimum absolute atomic E-state index is 0. The Labute approximate surface area is 197 Å². The Balaban J connectivity index is 0.00000144. The summed E-state index contributed by atoms with van der Waals surface area (Å²) in [7, 11) is 1.57. The van der Waals surface area contributed by atoms with Crippen LogP contribution < -0.4 is 19.9 Å². The number of aryl methyl sites for hydroxylation is 1. The Kier molecular flexibility index (Phi) is 6.74. The Bertz CT molecular complexity index is 1270. The lowest BCUT2D eigenvalue weighted by Gasteiger charge is -2.16. The van der Waals surface area contributed by atoms with Crippen molar-refractivity contribution < 1.29 is 18.6 Å². The van der Waals surface area contributed by atoms with Crippen LogP contribution >= 0.6 is 24.8 Å². The van der Waals surface area contributed by atoms with Crippen LogP contribution in [0.15, 0.2) is 42.6 Å². The number of fused-ring (bicyclic) bond motifs is 2. The van der Waals surface area contributed by atoms with Gasteiger partial charge in [0.1, 0.15) is 12.4 Å². The highest BCUT2D eigenvalue weighted by Crippen LogP contribution is 2.40. The monoisotopic (exact) mass is 479 g/mol. The van der Waals surface area contributed by atoms with E-state index in [4.69, 9.17) is 19.9 Å². The number of aromatic nitrogens is 2. The maximum atomic E-state index is 15.0. The summed E-state index contributed by atoms with van der Waals surface area (Å²) >= 11 is 0. The van der Waals surface area contributed by atoms with Gasteiger partial charge in [-0.05, 0) is 50.1 Å². The van der Waals surface area contributed by atoms with Crippen molar-refractivity contribution in [1.29, 1.82) is 0 Å². The third-order valence-corrected chi connectivity index (χ3v) is 5.45. The molecule has 0 bridgehead atoms. The summed E-state index contributed by atoms with van der Waals surface area (Å²) in [5.41, 5.74) is 8.15. The first-order chi connectivity index (χ1) is 14.5. The van der Waals surface area contributed by atoms with Crippen LogP contribution in [0.1, 0.15) is 18.5 Å². The molecule has 170 valence electrons. The van der Waals surface area contributed by atoms with E-state index in [-0.39, 0.29) is 36.1 Å². The maximum Gasteiger partial charge on any atom is 0.175 e. The first kappa shape index (κ1) is 23.9. The number of aromatic amines is 1. The van der Waals surface area contributed by atoms with Crippen LogP contribution in [0.4, 0.5) is 4.39 Å². The number of hydrogen-bond donors (Lipinski definition) is 2. The van der Waals surface area contributed by atoms with Crippen LogP contribution in [-0.4, -0.2) is 29.2 Å². The zero-order valence-electron chi connectivity index (χ0n) is 17.6. The van der Waals surface area contributed by atoms with Gasteiger partial charge in [0.25, 0.3) is 0 Å². The van der Waals surface area contributed by atoms with Crippen molar-refractivity contribution in [1.82, 2.24) is 9.97 Å². The zero-order valence-corrected chi connectivity index (χ0v) is 19.2. The number of pyridine rings is 1. The molecule has 0 radical (unpaired) electrons. The van der Waals surface area contributed by atoms with E-state index in [0.29, 0.717) is 40.1 Å². The molecule has 0 atom stereocenters. The molecule has 4 aromatic rings. The average molecular weight is 480 g/mol. The maximum absolute atomic E-state index is 15.0. The molecule has 2 heterocycles. The first-order valence-electron chi connectivity index (χ1n) is 9.80. The number of ether oxygens (including phenoxy) is 3. The van der Waals surface area contributed by atoms with Gasteiger partial charge in [-0.1, -0.05) is 0 Å². The standard InChI is InChI=1S/C23H22FN3O3.2ClH/c1-13-9-15-16(27-13)3-4-19(22(15)24)30-18-5-8-26-17-11-21(20(28-2)10-14(17)18)29-12-23(25)6-7-23;;/h3-5,8-11,27H,6-7,12,25H2,1-2H3;2*1H. The summed E-state index contributed by atoms with van der Waals surface area (Å²) in [5, 5.41) is 1.19. The van der Waals surface area contributed by atoms with E-state index < -0.39 is 5.82 Å². The van der Waals surface area contributed by atoms with Crippen LogP contribution in [0.3, 0.4) is 0 Å². The van der Waals surface area contributed by atoms with Gasteiger partial charge in [0, 0.05) is 34.2 Å². The van der Waals surface area contributed by atoms with Gasteiger partial charge in [-0.3, -0.25) is 4.98 Å². The van der Waals surface area contributed by atoms with Gasteiger partial charge in [0.2, 0.25) is 0 Å². The van der Waals surface area contributed by atoms with Gasteiger partial charge >= 0.3 is 0 Å². The number of nitrogens with two attached hydrogens (primary N) is 1. The lowest BCUT2D eigenvalue weighted by atomic mass is 10.1. The Morgan fingerprint density at radius 2 is 1.81 bits per heavy atom. The lowest BCUT2D eigenvalue weighted by Crippen LogP contribution is -2.29. The Morgan fingerprint density at radius 3 is 2.53 bits per heavy atom. The van der Waals surface area contributed by atoms with Crippen molar-refractivity contribution in [3.63, 3.8) is 0 Å². The molecule has 1 fully saturated rings. The molecule has 2 aromatic heterocycles. The molecule has 1 saturated carbocycles. The second kappa shape index (κ2) is 9.02. The molecule has 1 aliphatic rings. The van der Waals surface area contributed by atoms with Gasteiger partial charge in [-0.15, -0.1) is 24.8 Å². The minimum atomic E-state index is -0.411. The van der Waals surface area contributed by atoms with Crippen molar-refractivity contribution in [3.05, 3.63) is 54.1 Å². The lowest BCUT2D eigenvalue weighted by molar-refractivity contribution is 0.264. The van der Waals surface area contributed by atoms with E-state index >= 15 is 0 Å². The van der Waals surface area contributed by atoms with Gasteiger partial charge in [0.05, 0.1) is 18.2 Å². The molecule has 0 unspecified atom stereocenters. The quantitative estimate of drug-likeness (QED) is 0.371. The van der Waals surface area contributed by atoms with Gasteiger partial charge < -0.3 is 24.9 Å². The molecule has 32 heavy (non-hydrogen) atoms. The molecular weight excluding hydrogens is 456 g/mol. The first-order valence-corrected chi connectivity index (χ1v) is 9.80. The summed E-state index contributed by atoms with van der Waals surface area (Å²) in [4.78, 5) is 7.53. The largest absolute Gasteiger partial charge is 0.493 e. The SMILES string of the molecule is COc1cc2c(Oc3ccc4[nH]c(C)cc4c3F)ccnc2cc1OCC1(N)CC1.Cl.Cl. The summed E-state index contributed by atoms with van der Waals surface area (Å²) in [5.74, 6) is 1.33. The van der Waals surface area contributed by atoms with E-state index in [1.165, 1.54) is 0 Å². The molecule has 3 N–H and O–H groups in total. The van der Waals surface area contributed by atoms with Crippen LogP contribution in [-0.2, 0) is 0 Å². The van der Waals surface area contributed by atoms with Crippen LogP contribution in [0.5, 0.6) is 23.0 Å². The molecule has 5 rings (SSSR count). The minimum Gasteiger partial charge on any atom is -0.493 e. The molecule has 0 spiro atoms. The summed E-state index contributed by atoms with van der Waals surface area (Å²) in [6.07, 6.45) is 3.53.